The van der Waals surface area contributed by atoms with Gasteiger partial charge < -0.3 is 15.7 Å². The van der Waals surface area contributed by atoms with Crippen molar-refractivity contribution in [2.24, 2.45) is 0 Å². The lowest BCUT2D eigenvalue weighted by atomic mass is 10.1. The lowest BCUT2D eigenvalue weighted by molar-refractivity contribution is -0.142. The summed E-state index contributed by atoms with van der Waals surface area (Å²) < 4.78 is 0. The first-order chi connectivity index (χ1) is 10.7. The predicted octanol–water partition coefficient (Wildman–Crippen LogP) is 0.857. The van der Waals surface area contributed by atoms with Crippen LogP contribution in [-0.2, 0) is 14.4 Å². The van der Waals surface area contributed by atoms with E-state index < -0.39 is 23.6 Å². The Labute approximate surface area is 135 Å². The van der Waals surface area contributed by atoms with Gasteiger partial charge in [-0.2, -0.15) is 0 Å². The molecule has 1 atom stereocenters. The average molecular weight is 327 g/mol. The second-order valence-corrected chi connectivity index (χ2v) is 6.22. The van der Waals surface area contributed by atoms with E-state index in [0.29, 0.717) is 12.8 Å². The summed E-state index contributed by atoms with van der Waals surface area (Å²) in [5.41, 5.74) is -0.923. The fourth-order valence-corrected chi connectivity index (χ4v) is 2.35. The summed E-state index contributed by atoms with van der Waals surface area (Å²) >= 11 is 0. The summed E-state index contributed by atoms with van der Waals surface area (Å²) in [7, 11) is 0. The molecule has 1 unspecified atom stereocenters. The number of carbonyl (C=O) groups excluding carboxylic acids is 3. The number of amides is 4. The van der Waals surface area contributed by atoms with Gasteiger partial charge in [0.2, 0.25) is 5.91 Å². The number of hydrogen-bond donors (Lipinski definition) is 3. The minimum Gasteiger partial charge on any atom is -0.480 e. The SMILES string of the molecule is CCCCC(NC(=O)CCCN1C(=O)NC(C)(C)C1=O)C(=O)O. The van der Waals surface area contributed by atoms with E-state index in [1.807, 2.05) is 6.92 Å². The van der Waals surface area contributed by atoms with E-state index in [2.05, 4.69) is 10.6 Å². The molecule has 130 valence electrons. The molecule has 8 heteroatoms. The van der Waals surface area contributed by atoms with Crippen molar-refractivity contribution in [3.05, 3.63) is 0 Å². The van der Waals surface area contributed by atoms with Gasteiger partial charge in [0.1, 0.15) is 11.6 Å². The monoisotopic (exact) mass is 327 g/mol. The smallest absolute Gasteiger partial charge is 0.326 e. The summed E-state index contributed by atoms with van der Waals surface area (Å²) in [5.74, 6) is -1.77. The van der Waals surface area contributed by atoms with Crippen LogP contribution >= 0.6 is 0 Å². The van der Waals surface area contributed by atoms with Crippen LogP contribution in [0.1, 0.15) is 52.9 Å². The van der Waals surface area contributed by atoms with E-state index in [4.69, 9.17) is 5.11 Å². The second kappa shape index (κ2) is 7.94. The van der Waals surface area contributed by atoms with Crippen molar-refractivity contribution in [3.8, 4) is 0 Å². The Balaban J connectivity index is 2.40. The first-order valence-electron chi connectivity index (χ1n) is 7.85. The molecule has 23 heavy (non-hydrogen) atoms. The summed E-state index contributed by atoms with van der Waals surface area (Å²) in [6, 6.07) is -1.36. The Morgan fingerprint density at radius 3 is 2.43 bits per heavy atom. The van der Waals surface area contributed by atoms with Crippen molar-refractivity contribution in [2.45, 2.75) is 64.5 Å². The van der Waals surface area contributed by atoms with Gasteiger partial charge in [-0.1, -0.05) is 19.8 Å². The minimum atomic E-state index is -1.05. The maximum atomic E-state index is 12.0. The molecule has 1 aliphatic heterocycles. The molecule has 0 aromatic rings. The van der Waals surface area contributed by atoms with Crippen molar-refractivity contribution < 1.29 is 24.3 Å². The third-order valence-electron chi connectivity index (χ3n) is 3.71. The van der Waals surface area contributed by atoms with Crippen LogP contribution in [0.2, 0.25) is 0 Å². The molecule has 0 spiro atoms. The number of nitrogens with zero attached hydrogens (tertiary/aromatic N) is 1. The molecule has 1 aliphatic rings. The predicted molar refractivity (Wildman–Crippen MR) is 82.6 cm³/mol. The van der Waals surface area contributed by atoms with Gasteiger partial charge in [-0.05, 0) is 26.7 Å². The summed E-state index contributed by atoms with van der Waals surface area (Å²) in [6.45, 7) is 5.31. The molecule has 0 aromatic carbocycles. The van der Waals surface area contributed by atoms with Crippen LogP contribution in [0.4, 0.5) is 4.79 Å². The van der Waals surface area contributed by atoms with Crippen molar-refractivity contribution in [1.29, 1.82) is 0 Å². The molecule has 0 aromatic heterocycles. The topological polar surface area (TPSA) is 116 Å². The highest BCUT2D eigenvalue weighted by Gasteiger charge is 2.43. The quantitative estimate of drug-likeness (QED) is 0.543. The zero-order valence-corrected chi connectivity index (χ0v) is 13.8. The second-order valence-electron chi connectivity index (χ2n) is 6.22. The summed E-state index contributed by atoms with van der Waals surface area (Å²) in [6.07, 6.45) is 2.31. The molecule has 0 aliphatic carbocycles. The van der Waals surface area contributed by atoms with Crippen molar-refractivity contribution >= 4 is 23.8 Å². The van der Waals surface area contributed by atoms with E-state index in [9.17, 15) is 19.2 Å². The number of urea groups is 1. The van der Waals surface area contributed by atoms with Gasteiger partial charge in [-0.15, -0.1) is 0 Å². The van der Waals surface area contributed by atoms with Gasteiger partial charge in [-0.3, -0.25) is 14.5 Å². The highest BCUT2D eigenvalue weighted by atomic mass is 16.4. The minimum absolute atomic E-state index is 0.0629. The van der Waals surface area contributed by atoms with E-state index in [1.165, 1.54) is 0 Å². The van der Waals surface area contributed by atoms with Crippen LogP contribution in [0.15, 0.2) is 0 Å². The van der Waals surface area contributed by atoms with Crippen LogP contribution < -0.4 is 10.6 Å². The van der Waals surface area contributed by atoms with Crippen LogP contribution in [0.3, 0.4) is 0 Å². The van der Waals surface area contributed by atoms with Gasteiger partial charge in [0, 0.05) is 13.0 Å². The fraction of sp³-hybridized carbons (Fsp3) is 0.733. The molecule has 0 radical (unpaired) electrons. The Morgan fingerprint density at radius 2 is 1.96 bits per heavy atom. The Hall–Kier alpha value is -2.12. The molecule has 1 saturated heterocycles. The molecule has 4 amide bonds. The average Bonchev–Trinajstić information content (AvgIpc) is 2.64. The zero-order valence-electron chi connectivity index (χ0n) is 13.8. The lowest BCUT2D eigenvalue weighted by Crippen LogP contribution is -2.41. The van der Waals surface area contributed by atoms with Crippen LogP contribution in [0.5, 0.6) is 0 Å². The Bertz CT molecular complexity index is 490. The van der Waals surface area contributed by atoms with Crippen LogP contribution in [-0.4, -0.2) is 51.9 Å². The highest BCUT2D eigenvalue weighted by molar-refractivity contribution is 6.06. The van der Waals surface area contributed by atoms with E-state index in [0.717, 1.165) is 17.7 Å². The van der Waals surface area contributed by atoms with Gasteiger partial charge >= 0.3 is 12.0 Å². The first-order valence-corrected chi connectivity index (χ1v) is 7.85. The molecule has 8 nitrogen and oxygen atoms in total. The number of carboxylic acids is 1. The third kappa shape index (κ3) is 5.22. The van der Waals surface area contributed by atoms with Gasteiger partial charge in [0.05, 0.1) is 0 Å². The number of rotatable bonds is 9. The van der Waals surface area contributed by atoms with Gasteiger partial charge in [0.15, 0.2) is 0 Å². The van der Waals surface area contributed by atoms with E-state index >= 15 is 0 Å². The van der Waals surface area contributed by atoms with Crippen LogP contribution in [0, 0.1) is 0 Å². The fourth-order valence-electron chi connectivity index (χ4n) is 2.35. The molecule has 3 N–H and O–H groups in total. The standard InChI is InChI=1S/C15H25N3O5/c1-4-5-7-10(12(20)21)16-11(19)8-6-9-18-13(22)15(2,3)17-14(18)23/h10H,4-9H2,1-3H3,(H,16,19)(H,17,23)(H,20,21). The van der Waals surface area contributed by atoms with E-state index in [-0.39, 0.29) is 24.8 Å². The summed E-state index contributed by atoms with van der Waals surface area (Å²) in [5, 5.41) is 14.1. The first kappa shape index (κ1) is 18.9. The number of aliphatic carboxylic acids is 1. The molecule has 1 heterocycles. The molecular formula is C15H25N3O5. The zero-order chi connectivity index (χ0) is 17.6. The molecule has 1 fully saturated rings. The number of hydrogen-bond acceptors (Lipinski definition) is 4. The largest absolute Gasteiger partial charge is 0.480 e. The maximum absolute atomic E-state index is 12.0. The van der Waals surface area contributed by atoms with Gasteiger partial charge in [0.25, 0.3) is 5.91 Å². The van der Waals surface area contributed by atoms with Crippen LogP contribution in [0.25, 0.3) is 0 Å². The Morgan fingerprint density at radius 1 is 1.30 bits per heavy atom. The number of imide groups is 1. The van der Waals surface area contributed by atoms with E-state index in [1.54, 1.807) is 13.8 Å². The molecule has 1 rings (SSSR count). The van der Waals surface area contributed by atoms with Crippen molar-refractivity contribution in [1.82, 2.24) is 15.5 Å². The molecule has 0 saturated carbocycles. The van der Waals surface area contributed by atoms with Gasteiger partial charge in [-0.25, -0.2) is 9.59 Å². The number of nitrogens with one attached hydrogen (secondary N) is 2. The number of unbranched alkanes of at least 4 members (excludes halogenated alkanes) is 1. The lowest BCUT2D eigenvalue weighted by Gasteiger charge is -2.16. The summed E-state index contributed by atoms with van der Waals surface area (Å²) in [4.78, 5) is 47.6. The molecular weight excluding hydrogens is 302 g/mol. The van der Waals surface area contributed by atoms with Crippen molar-refractivity contribution in [3.63, 3.8) is 0 Å². The third-order valence-corrected chi connectivity index (χ3v) is 3.71. The highest BCUT2D eigenvalue weighted by Crippen LogP contribution is 2.17. The normalized spacial score (nSPS) is 17.8. The number of carboxylic acid groups (broad SMARTS) is 1. The Kier molecular flexibility index (Phi) is 6.53. The molecule has 0 bridgehead atoms. The maximum Gasteiger partial charge on any atom is 0.326 e. The van der Waals surface area contributed by atoms with Crippen molar-refractivity contribution in [2.75, 3.05) is 6.54 Å². The number of carbonyl (C=O) groups is 4.